The van der Waals surface area contributed by atoms with E-state index in [0.29, 0.717) is 37.4 Å². The van der Waals surface area contributed by atoms with Crippen molar-refractivity contribution in [2.24, 2.45) is 0 Å². The van der Waals surface area contributed by atoms with Gasteiger partial charge in [-0.1, -0.05) is 11.3 Å². The molecule has 0 unspecified atom stereocenters. The minimum atomic E-state index is -0.786. The van der Waals surface area contributed by atoms with Gasteiger partial charge in [0.15, 0.2) is 0 Å². The fraction of sp³-hybridized carbons (Fsp3) is 0.400. The molecule has 7 heteroatoms. The average molecular weight is 302 g/mol. The van der Waals surface area contributed by atoms with Crippen molar-refractivity contribution in [2.45, 2.75) is 18.3 Å². The quantitative estimate of drug-likeness (QED) is 0.673. The molecule has 22 heavy (non-hydrogen) atoms. The molecule has 0 amide bonds. The number of benzene rings is 1. The molecule has 3 rings (SSSR count). The fourth-order valence-corrected chi connectivity index (χ4v) is 2.76. The largest absolute Gasteiger partial charge is 0.468 e. The van der Waals surface area contributed by atoms with Crippen molar-refractivity contribution in [3.8, 4) is 5.69 Å². The van der Waals surface area contributed by atoms with Gasteiger partial charge in [-0.15, -0.1) is 5.10 Å². The van der Waals surface area contributed by atoms with Crippen LogP contribution in [0.1, 0.15) is 18.5 Å². The standard InChI is InChI=1S/C15H18N4O3/c1-21-14(20)15(5-7-22-8-6-15)13-10-19(18-17-13)12-4-2-3-11(16)9-12/h2-4,9-10H,5-8,16H2,1H3. The van der Waals surface area contributed by atoms with Gasteiger partial charge in [0.1, 0.15) is 11.1 Å². The van der Waals surface area contributed by atoms with Crippen LogP contribution in [0.5, 0.6) is 0 Å². The third kappa shape index (κ3) is 2.43. The Hall–Kier alpha value is -2.41. The predicted octanol–water partition coefficient (Wildman–Crippen LogP) is 1.07. The maximum Gasteiger partial charge on any atom is 0.318 e. The minimum Gasteiger partial charge on any atom is -0.468 e. The highest BCUT2D eigenvalue weighted by Crippen LogP contribution is 2.35. The number of hydrogen-bond acceptors (Lipinski definition) is 6. The van der Waals surface area contributed by atoms with Crippen LogP contribution in [0.4, 0.5) is 5.69 Å². The summed E-state index contributed by atoms with van der Waals surface area (Å²) in [6.07, 6.45) is 2.83. The lowest BCUT2D eigenvalue weighted by molar-refractivity contribution is -0.151. The molecule has 2 aromatic rings. The van der Waals surface area contributed by atoms with Gasteiger partial charge in [0, 0.05) is 18.9 Å². The van der Waals surface area contributed by atoms with Crippen LogP contribution in [-0.2, 0) is 19.7 Å². The molecular formula is C15H18N4O3. The second-order valence-corrected chi connectivity index (χ2v) is 5.33. The summed E-state index contributed by atoms with van der Waals surface area (Å²) in [6, 6.07) is 7.32. The summed E-state index contributed by atoms with van der Waals surface area (Å²) in [7, 11) is 1.39. The highest BCUT2D eigenvalue weighted by molar-refractivity contribution is 5.82. The Bertz CT molecular complexity index is 677. The van der Waals surface area contributed by atoms with Gasteiger partial charge in [-0.3, -0.25) is 4.79 Å². The van der Waals surface area contributed by atoms with Crippen molar-refractivity contribution < 1.29 is 14.3 Å². The zero-order valence-corrected chi connectivity index (χ0v) is 12.4. The first-order valence-electron chi connectivity index (χ1n) is 7.11. The Balaban J connectivity index is 1.98. The molecule has 1 aromatic heterocycles. The van der Waals surface area contributed by atoms with Crippen LogP contribution in [0.2, 0.25) is 0 Å². The third-order valence-corrected chi connectivity index (χ3v) is 4.04. The van der Waals surface area contributed by atoms with Crippen molar-refractivity contribution in [3.63, 3.8) is 0 Å². The summed E-state index contributed by atoms with van der Waals surface area (Å²) in [5.74, 6) is -0.296. The van der Waals surface area contributed by atoms with Crippen molar-refractivity contribution in [3.05, 3.63) is 36.2 Å². The van der Waals surface area contributed by atoms with Gasteiger partial charge in [0.05, 0.1) is 19.0 Å². The Morgan fingerprint density at radius 1 is 1.41 bits per heavy atom. The maximum atomic E-state index is 12.3. The SMILES string of the molecule is COC(=O)C1(c2cn(-c3cccc(N)c3)nn2)CCOCC1. The summed E-state index contributed by atoms with van der Waals surface area (Å²) in [5.41, 5.74) is 7.04. The van der Waals surface area contributed by atoms with Gasteiger partial charge in [-0.2, -0.15) is 0 Å². The summed E-state index contributed by atoms with van der Waals surface area (Å²) in [5, 5.41) is 8.33. The first-order valence-corrected chi connectivity index (χ1v) is 7.11. The van der Waals surface area contributed by atoms with E-state index in [2.05, 4.69) is 10.3 Å². The molecule has 116 valence electrons. The Labute approximate surface area is 128 Å². The second-order valence-electron chi connectivity index (χ2n) is 5.33. The summed E-state index contributed by atoms with van der Waals surface area (Å²) in [6.45, 7) is 1.00. The van der Waals surface area contributed by atoms with E-state index in [1.165, 1.54) is 7.11 Å². The van der Waals surface area contributed by atoms with Gasteiger partial charge in [-0.25, -0.2) is 4.68 Å². The number of nitrogens with zero attached hydrogens (tertiary/aromatic N) is 3. The first kappa shape index (κ1) is 14.5. The lowest BCUT2D eigenvalue weighted by Crippen LogP contribution is -2.42. The van der Waals surface area contributed by atoms with Gasteiger partial charge in [0.25, 0.3) is 0 Å². The third-order valence-electron chi connectivity index (χ3n) is 4.04. The van der Waals surface area contributed by atoms with Gasteiger partial charge < -0.3 is 15.2 Å². The summed E-state index contributed by atoms with van der Waals surface area (Å²) in [4.78, 5) is 12.3. The highest BCUT2D eigenvalue weighted by Gasteiger charge is 2.45. The topological polar surface area (TPSA) is 92.3 Å². The zero-order valence-electron chi connectivity index (χ0n) is 12.4. The molecule has 0 bridgehead atoms. The Morgan fingerprint density at radius 2 is 2.18 bits per heavy atom. The van der Waals surface area contributed by atoms with Crippen molar-refractivity contribution in [1.82, 2.24) is 15.0 Å². The van der Waals surface area contributed by atoms with Gasteiger partial charge in [-0.05, 0) is 31.0 Å². The minimum absolute atomic E-state index is 0.296. The number of ether oxygens (including phenoxy) is 2. The molecule has 0 spiro atoms. The van der Waals surface area contributed by atoms with Crippen LogP contribution in [0, 0.1) is 0 Å². The van der Waals surface area contributed by atoms with E-state index in [-0.39, 0.29) is 5.97 Å². The molecule has 1 aliphatic rings. The van der Waals surface area contributed by atoms with E-state index < -0.39 is 5.41 Å². The summed E-state index contributed by atoms with van der Waals surface area (Å²) >= 11 is 0. The number of carbonyl (C=O) groups is 1. The van der Waals surface area contributed by atoms with Crippen LogP contribution < -0.4 is 5.73 Å². The van der Waals surface area contributed by atoms with Crippen LogP contribution in [0.3, 0.4) is 0 Å². The Kier molecular flexibility index (Phi) is 3.81. The lowest BCUT2D eigenvalue weighted by atomic mass is 9.77. The number of nitrogens with two attached hydrogens (primary N) is 1. The molecule has 0 aliphatic carbocycles. The molecule has 0 saturated carbocycles. The molecule has 1 aliphatic heterocycles. The second kappa shape index (κ2) is 5.76. The maximum absolute atomic E-state index is 12.3. The van der Waals surface area contributed by atoms with Crippen LogP contribution in [0.25, 0.3) is 5.69 Å². The highest BCUT2D eigenvalue weighted by atomic mass is 16.5. The number of aromatic nitrogens is 3. The number of esters is 1. The molecule has 1 saturated heterocycles. The van der Waals surface area contributed by atoms with Crippen molar-refractivity contribution in [2.75, 3.05) is 26.1 Å². The molecule has 1 aromatic carbocycles. The monoisotopic (exact) mass is 302 g/mol. The molecule has 2 N–H and O–H groups in total. The average Bonchev–Trinajstić information content (AvgIpc) is 3.05. The van der Waals surface area contributed by atoms with E-state index >= 15 is 0 Å². The van der Waals surface area contributed by atoms with Crippen LogP contribution in [0.15, 0.2) is 30.5 Å². The number of methoxy groups -OCH3 is 1. The van der Waals surface area contributed by atoms with E-state index in [9.17, 15) is 4.79 Å². The Morgan fingerprint density at radius 3 is 2.86 bits per heavy atom. The number of nitrogen functional groups attached to an aromatic ring is 1. The van der Waals surface area contributed by atoms with E-state index in [4.69, 9.17) is 15.2 Å². The summed E-state index contributed by atoms with van der Waals surface area (Å²) < 4.78 is 12.0. The number of rotatable bonds is 3. The first-order chi connectivity index (χ1) is 10.7. The number of anilines is 1. The molecule has 0 radical (unpaired) electrons. The number of carbonyl (C=O) groups excluding carboxylic acids is 1. The number of hydrogen-bond donors (Lipinski definition) is 1. The zero-order chi connectivity index (χ0) is 15.6. The van der Waals surface area contributed by atoms with Gasteiger partial charge in [0.2, 0.25) is 0 Å². The van der Waals surface area contributed by atoms with E-state index in [0.717, 1.165) is 5.69 Å². The van der Waals surface area contributed by atoms with Crippen LogP contribution >= 0.6 is 0 Å². The normalized spacial score (nSPS) is 17.1. The van der Waals surface area contributed by atoms with E-state index in [1.807, 2.05) is 12.1 Å². The van der Waals surface area contributed by atoms with Gasteiger partial charge >= 0.3 is 5.97 Å². The molecule has 2 heterocycles. The lowest BCUT2D eigenvalue weighted by Gasteiger charge is -2.32. The van der Waals surface area contributed by atoms with Crippen molar-refractivity contribution in [1.29, 1.82) is 0 Å². The van der Waals surface area contributed by atoms with Crippen LogP contribution in [-0.4, -0.2) is 41.3 Å². The fourth-order valence-electron chi connectivity index (χ4n) is 2.76. The van der Waals surface area contributed by atoms with Crippen molar-refractivity contribution >= 4 is 11.7 Å². The molecule has 7 nitrogen and oxygen atoms in total. The molecular weight excluding hydrogens is 284 g/mol. The molecule has 1 fully saturated rings. The van der Waals surface area contributed by atoms with E-state index in [1.54, 1.807) is 23.0 Å². The predicted molar refractivity (Wildman–Crippen MR) is 79.5 cm³/mol. The molecule has 0 atom stereocenters. The smallest absolute Gasteiger partial charge is 0.318 e.